The number of nitrogens with one attached hydrogen (secondary N) is 2. The lowest BCUT2D eigenvalue weighted by molar-refractivity contribution is -0.313. The highest BCUT2D eigenvalue weighted by Crippen LogP contribution is 2.34. The molecule has 6 atom stereocenters. The van der Waals surface area contributed by atoms with Gasteiger partial charge in [-0.15, -0.1) is 0 Å². The summed E-state index contributed by atoms with van der Waals surface area (Å²) in [5, 5.41) is 44.8. The lowest BCUT2D eigenvalue weighted by Gasteiger charge is -2.46. The fraction of sp³-hybridized carbons (Fsp3) is 0.417. The number of rotatable bonds is 11. The highest BCUT2D eigenvalue weighted by molar-refractivity contribution is 7.88. The first kappa shape index (κ1) is 31.8. The van der Waals surface area contributed by atoms with Crippen LogP contribution in [0.25, 0.3) is 0 Å². The molecule has 3 rings (SSSR count). The number of hydrogen-bond donors (Lipinski definition) is 6. The second-order valence-corrected chi connectivity index (χ2v) is 11.3. The summed E-state index contributed by atoms with van der Waals surface area (Å²) in [6, 6.07) is 7.08. The van der Waals surface area contributed by atoms with Crippen LogP contribution >= 0.6 is 11.6 Å². The van der Waals surface area contributed by atoms with Crippen LogP contribution in [0.15, 0.2) is 42.5 Å². The van der Waals surface area contributed by atoms with Crippen LogP contribution in [0.1, 0.15) is 22.3 Å². The molecule has 1 saturated heterocycles. The van der Waals surface area contributed by atoms with Crippen LogP contribution in [0, 0.1) is 11.6 Å². The molecule has 2 aromatic carbocycles. The van der Waals surface area contributed by atoms with Crippen molar-refractivity contribution in [3.8, 4) is 0 Å². The fourth-order valence-electron chi connectivity index (χ4n) is 4.02. The van der Waals surface area contributed by atoms with Crippen molar-refractivity contribution < 1.29 is 56.7 Å². The monoisotopic (exact) mass is 608 g/mol. The summed E-state index contributed by atoms with van der Waals surface area (Å²) in [6.07, 6.45) is -7.98. The van der Waals surface area contributed by atoms with Gasteiger partial charge in [0.15, 0.2) is 11.6 Å². The van der Waals surface area contributed by atoms with E-state index in [2.05, 4.69) is 5.32 Å². The van der Waals surface area contributed by atoms with E-state index in [1.54, 1.807) is 0 Å². The Hall–Kier alpha value is -2.76. The van der Waals surface area contributed by atoms with Crippen molar-refractivity contribution in [2.75, 3.05) is 12.8 Å². The Kier molecular flexibility index (Phi) is 10.2. The number of carbonyl (C=O) groups is 2. The second-order valence-electron chi connectivity index (χ2n) is 9.10. The van der Waals surface area contributed by atoms with Crippen LogP contribution in [0.2, 0.25) is 5.02 Å². The zero-order chi connectivity index (χ0) is 29.8. The molecule has 1 fully saturated rings. The van der Waals surface area contributed by atoms with Gasteiger partial charge in [0.25, 0.3) is 11.7 Å². The van der Waals surface area contributed by atoms with Crippen molar-refractivity contribution >= 4 is 33.5 Å². The van der Waals surface area contributed by atoms with Gasteiger partial charge in [-0.25, -0.2) is 26.7 Å². The Morgan fingerprint density at radius 3 is 2.45 bits per heavy atom. The Balaban J connectivity index is 1.84. The lowest BCUT2D eigenvalue weighted by atomic mass is 9.89. The molecule has 220 valence electrons. The highest BCUT2D eigenvalue weighted by Gasteiger charge is 2.56. The Morgan fingerprint density at radius 2 is 1.85 bits per heavy atom. The van der Waals surface area contributed by atoms with Crippen molar-refractivity contribution in [1.82, 2.24) is 10.0 Å². The van der Waals surface area contributed by atoms with E-state index in [0.717, 1.165) is 24.5 Å². The first-order chi connectivity index (χ1) is 18.6. The van der Waals surface area contributed by atoms with E-state index in [-0.39, 0.29) is 5.56 Å². The van der Waals surface area contributed by atoms with Gasteiger partial charge >= 0.3 is 5.97 Å². The molecule has 0 radical (unpaired) electrons. The molecule has 40 heavy (non-hydrogen) atoms. The second kappa shape index (κ2) is 12.8. The Morgan fingerprint density at radius 1 is 1.20 bits per heavy atom. The number of aliphatic carboxylic acids is 1. The van der Waals surface area contributed by atoms with Crippen molar-refractivity contribution in [1.29, 1.82) is 0 Å². The molecule has 1 aliphatic rings. The van der Waals surface area contributed by atoms with Gasteiger partial charge in [0, 0.05) is 29.1 Å². The maximum Gasteiger partial charge on any atom is 0.364 e. The average molecular weight is 609 g/mol. The molecule has 16 heteroatoms. The van der Waals surface area contributed by atoms with E-state index in [9.17, 15) is 47.2 Å². The first-order valence-corrected chi connectivity index (χ1v) is 13.9. The number of ether oxygens (including phenoxy) is 2. The normalized spacial score (nSPS) is 24.7. The van der Waals surface area contributed by atoms with Gasteiger partial charge in [0.2, 0.25) is 10.0 Å². The largest absolute Gasteiger partial charge is 0.477 e. The summed E-state index contributed by atoms with van der Waals surface area (Å²) in [7, 11) is -4.08. The fourth-order valence-corrected chi connectivity index (χ4v) is 4.94. The minimum Gasteiger partial charge on any atom is -0.477 e. The van der Waals surface area contributed by atoms with Crippen LogP contribution in [0.4, 0.5) is 8.78 Å². The number of aliphatic hydroxyl groups is 3. The number of hydrogen-bond acceptors (Lipinski definition) is 9. The van der Waals surface area contributed by atoms with Gasteiger partial charge in [0.1, 0.15) is 12.2 Å². The van der Waals surface area contributed by atoms with Gasteiger partial charge in [-0.2, -0.15) is 0 Å². The van der Waals surface area contributed by atoms with E-state index in [1.807, 2.05) is 4.72 Å². The van der Waals surface area contributed by atoms with Gasteiger partial charge < -0.3 is 35.2 Å². The van der Waals surface area contributed by atoms with E-state index >= 15 is 0 Å². The Labute approximate surface area is 232 Å². The Bertz CT molecular complexity index is 1330. The predicted molar refractivity (Wildman–Crippen MR) is 135 cm³/mol. The molecular formula is C24H27ClF2N2O10S. The summed E-state index contributed by atoms with van der Waals surface area (Å²) in [5.41, 5.74) is -0.230. The number of amides is 1. The minimum absolute atomic E-state index is 0.162. The molecular weight excluding hydrogens is 582 g/mol. The van der Waals surface area contributed by atoms with Gasteiger partial charge in [-0.05, 0) is 30.3 Å². The molecule has 0 unspecified atom stereocenters. The number of sulfonamides is 1. The van der Waals surface area contributed by atoms with Gasteiger partial charge in [-0.3, -0.25) is 4.79 Å². The average Bonchev–Trinajstić information content (AvgIpc) is 2.88. The number of carboxylic acids is 1. The molecule has 2 aromatic rings. The molecule has 0 aromatic heterocycles. The maximum absolute atomic E-state index is 14.1. The predicted octanol–water partition coefficient (Wildman–Crippen LogP) is 0.135. The zero-order valence-corrected chi connectivity index (χ0v) is 22.4. The van der Waals surface area contributed by atoms with E-state index in [1.165, 1.54) is 24.3 Å². The van der Waals surface area contributed by atoms with Crippen LogP contribution in [0.5, 0.6) is 0 Å². The molecule has 12 nitrogen and oxygen atoms in total. The lowest BCUT2D eigenvalue weighted by Crippen LogP contribution is -2.68. The molecule has 0 aliphatic carbocycles. The molecule has 1 amide bonds. The summed E-state index contributed by atoms with van der Waals surface area (Å²) < 4.78 is 64.4. The number of carbonyl (C=O) groups excluding carboxylic acids is 1. The van der Waals surface area contributed by atoms with Gasteiger partial charge in [-0.1, -0.05) is 23.7 Å². The van der Waals surface area contributed by atoms with Gasteiger partial charge in [0.05, 0.1) is 31.1 Å². The van der Waals surface area contributed by atoms with E-state index in [0.29, 0.717) is 5.02 Å². The maximum atomic E-state index is 14.1. The number of aliphatic hydroxyl groups excluding tert-OH is 3. The molecule has 0 bridgehead atoms. The third kappa shape index (κ3) is 7.70. The molecule has 0 spiro atoms. The van der Waals surface area contributed by atoms with E-state index in [4.69, 9.17) is 21.1 Å². The molecule has 6 N–H and O–H groups in total. The summed E-state index contributed by atoms with van der Waals surface area (Å²) in [4.78, 5) is 24.6. The highest BCUT2D eigenvalue weighted by atomic mass is 35.5. The third-order valence-electron chi connectivity index (χ3n) is 6.05. The quantitative estimate of drug-likeness (QED) is 0.204. The molecule has 0 saturated carbocycles. The number of halogens is 3. The summed E-state index contributed by atoms with van der Waals surface area (Å²) >= 11 is 5.78. The third-order valence-corrected chi connectivity index (χ3v) is 7.00. The molecule has 1 heterocycles. The zero-order valence-electron chi connectivity index (χ0n) is 20.8. The van der Waals surface area contributed by atoms with Crippen molar-refractivity contribution in [3.63, 3.8) is 0 Å². The van der Waals surface area contributed by atoms with E-state index < -0.39 is 94.9 Å². The van der Waals surface area contributed by atoms with Crippen molar-refractivity contribution in [2.45, 2.75) is 49.3 Å². The summed E-state index contributed by atoms with van der Waals surface area (Å²) in [5.74, 6) is -7.85. The molecule has 1 aliphatic heterocycles. The summed E-state index contributed by atoms with van der Waals surface area (Å²) in [6.45, 7) is -1.46. The number of carboxylic acid groups (broad SMARTS) is 1. The SMILES string of the molecule is CS(=O)(=O)N[C@H]1[C@H]([C@@H](O)[C@H](O)CNC(=O)c2ccc(Cl)cc2)O[C@@](OCc2cccc(F)c2F)(C(=O)O)C[C@@H]1O. The standard InChI is InChI=1S/C24H27ClF2N2O10S/c1-40(36,37)29-19-16(30)9-24(23(34)35,38-11-13-3-2-4-15(26)18(13)27)39-21(19)20(32)17(31)10-28-22(33)12-5-7-14(25)8-6-12/h2-8,16-17,19-21,29-32H,9-11H2,1H3,(H,28,33)(H,34,35)/t16-,17+,19+,20-,21+,24+/m0/s1. The minimum atomic E-state index is -4.08. The van der Waals surface area contributed by atoms with Crippen molar-refractivity contribution in [3.05, 3.63) is 70.2 Å². The van der Waals surface area contributed by atoms with Crippen LogP contribution < -0.4 is 10.0 Å². The van der Waals surface area contributed by atoms with Crippen LogP contribution in [0.3, 0.4) is 0 Å². The number of benzene rings is 2. The van der Waals surface area contributed by atoms with Crippen molar-refractivity contribution in [2.24, 2.45) is 0 Å². The van der Waals surface area contributed by atoms with Crippen LogP contribution in [-0.2, 0) is 30.9 Å². The van der Waals surface area contributed by atoms with Crippen LogP contribution in [-0.4, -0.2) is 89.8 Å². The topological polar surface area (TPSA) is 192 Å². The smallest absolute Gasteiger partial charge is 0.364 e. The first-order valence-electron chi connectivity index (χ1n) is 11.7.